The normalized spacial score (nSPS) is 11.2. The summed E-state index contributed by atoms with van der Waals surface area (Å²) in [5.74, 6) is 0.207. The number of nitrogens with one attached hydrogen (secondary N) is 2. The van der Waals surface area contributed by atoms with Crippen molar-refractivity contribution >= 4 is 141 Å². The predicted molar refractivity (Wildman–Crippen MR) is 341 cm³/mol. The van der Waals surface area contributed by atoms with Gasteiger partial charge in [0.25, 0.3) is 0 Å². The first-order chi connectivity index (χ1) is 38.4. The third kappa shape index (κ3) is 17.4. The number of carbonyl (C=O) groups is 2. The van der Waals surface area contributed by atoms with Crippen LogP contribution in [0.1, 0.15) is 129 Å². The minimum absolute atomic E-state index is 0.224. The molecule has 0 amide bonds. The van der Waals surface area contributed by atoms with Crippen LogP contribution >= 0.6 is 85.0 Å². The van der Waals surface area contributed by atoms with Gasteiger partial charge in [0.2, 0.25) is 0 Å². The molecule has 0 aliphatic heterocycles. The van der Waals surface area contributed by atoms with Crippen LogP contribution in [0.5, 0.6) is 0 Å². The second-order valence-corrected chi connectivity index (χ2v) is 37.1. The van der Waals surface area contributed by atoms with Crippen molar-refractivity contribution in [1.29, 1.82) is 0 Å². The van der Waals surface area contributed by atoms with Gasteiger partial charge in [-0.3, -0.25) is 4.98 Å². The number of ether oxygens (including phenoxy) is 2. The average Bonchev–Trinajstić information content (AvgIpc) is 4.11. The van der Waals surface area contributed by atoms with Gasteiger partial charge >= 0.3 is 136 Å². The van der Waals surface area contributed by atoms with Crippen molar-refractivity contribution < 1.29 is 19.1 Å². The molecule has 422 valence electrons. The van der Waals surface area contributed by atoms with E-state index in [4.69, 9.17) is 70.8 Å². The van der Waals surface area contributed by atoms with Gasteiger partial charge in [0.15, 0.2) is 10.3 Å². The minimum atomic E-state index is -2.21. The van der Waals surface area contributed by atoms with Gasteiger partial charge in [-0.2, -0.15) is 0 Å². The molecule has 6 heterocycles. The maximum atomic E-state index is 12.5. The Bertz CT molecular complexity index is 3300. The molecule has 0 aliphatic rings. The second-order valence-electron chi connectivity index (χ2n) is 19.5. The molecule has 20 heteroatoms. The van der Waals surface area contributed by atoms with Crippen LogP contribution in [0.15, 0.2) is 114 Å². The summed E-state index contributed by atoms with van der Waals surface area (Å²) in [4.78, 5) is 54.1. The molecule has 2 aromatic carbocycles. The largest absolute Gasteiger partial charge is 0.465 e. The van der Waals surface area contributed by atoms with Gasteiger partial charge in [-0.05, 0) is 76.3 Å². The van der Waals surface area contributed by atoms with E-state index in [9.17, 15) is 9.59 Å². The van der Waals surface area contributed by atoms with E-state index in [1.54, 1.807) is 58.7 Å². The molecular formula is C60H67BrCl4N8O4S2Sn. The number of thiazole rings is 2. The SMILES string of the molecule is CCC[CH2][Sn]([CH2]CCC)([CH2]CCC)[c]1ccccn1.COC(=O)c1cc(-c2ccccn2)cnc1Nc1nc(-c2ccc(Cl)c(Cl)c2)c(C(C)C)s1.COC(=O)c1cc(Br)cnc1Nc1nc(-c2ccc(Cl)c(Cl)c2)c(C(C)C)s1. The molecule has 0 spiro atoms. The van der Waals surface area contributed by atoms with E-state index < -0.39 is 30.3 Å². The van der Waals surface area contributed by atoms with Crippen molar-refractivity contribution in [2.45, 2.75) is 112 Å². The summed E-state index contributed by atoms with van der Waals surface area (Å²) in [6.07, 6.45) is 15.2. The fraction of sp³-hybridized carbons (Fsp3) is 0.333. The summed E-state index contributed by atoms with van der Waals surface area (Å²) in [6, 6.07) is 26.4. The zero-order valence-corrected chi connectivity index (χ0v) is 55.5. The Hall–Kier alpha value is -4.72. The van der Waals surface area contributed by atoms with Gasteiger partial charge < -0.3 is 20.1 Å². The summed E-state index contributed by atoms with van der Waals surface area (Å²) in [5.41, 5.74) is 5.38. The maximum absolute atomic E-state index is 12.5. The monoisotopic (exact) mass is 1370 g/mol. The zero-order valence-electron chi connectivity index (χ0n) is 46.4. The van der Waals surface area contributed by atoms with Gasteiger partial charge in [0.05, 0.1) is 51.4 Å². The number of halogens is 5. The van der Waals surface area contributed by atoms with Crippen LogP contribution in [-0.4, -0.2) is 74.4 Å². The number of methoxy groups -OCH3 is 2. The van der Waals surface area contributed by atoms with Crippen LogP contribution in [-0.2, 0) is 9.47 Å². The summed E-state index contributed by atoms with van der Waals surface area (Å²) >= 11 is 28.6. The Balaban J connectivity index is 0.000000201. The van der Waals surface area contributed by atoms with E-state index in [2.05, 4.69) is 108 Å². The maximum Gasteiger partial charge on any atom is 0.341 e. The van der Waals surface area contributed by atoms with Gasteiger partial charge in [0, 0.05) is 49.5 Å². The van der Waals surface area contributed by atoms with E-state index in [1.807, 2.05) is 36.5 Å². The van der Waals surface area contributed by atoms with Crippen molar-refractivity contribution in [3.05, 3.63) is 155 Å². The standard InChI is InChI=1S/C24H20Cl2N4O2S.C19H16BrCl2N3O2S.C5H4N.3C4H9.Sn/c1-13(2)21-20(14-7-8-17(25)18(26)11-14)29-24(33-21)30-22-16(23(31)32-3)10-15(12-28-22)19-6-4-5-9-27-19;1-9(2)16-15(10-4-5-13(21)14(22)6-10)24-19(28-16)25-17-12(18(26)27-3)7-11(20)8-23-17;1-2-4-6-5-3-1;3*1-3-4-2;/h4-13H,1-3H3,(H,28,29,30);4-9H,1-3H3,(H,23,24,25);1-4H;3*1,3-4H2,2H3;. The molecule has 0 aliphatic carbocycles. The van der Waals surface area contributed by atoms with E-state index >= 15 is 0 Å². The second kappa shape index (κ2) is 31.6. The van der Waals surface area contributed by atoms with Crippen molar-refractivity contribution in [1.82, 2.24) is 29.9 Å². The number of rotatable bonds is 21. The zero-order chi connectivity index (χ0) is 57.9. The van der Waals surface area contributed by atoms with Crippen LogP contribution in [0.25, 0.3) is 33.8 Å². The van der Waals surface area contributed by atoms with E-state index in [-0.39, 0.29) is 17.4 Å². The van der Waals surface area contributed by atoms with Gasteiger partial charge in [-0.1, -0.05) is 92.3 Å². The van der Waals surface area contributed by atoms with Crippen LogP contribution in [0, 0.1) is 0 Å². The number of unbranched alkanes of at least 4 members (excludes halogenated alkanes) is 3. The number of aromatic nitrogens is 6. The molecule has 2 N–H and O–H groups in total. The number of pyridine rings is 4. The molecular weight excluding hydrogens is 1300 g/mol. The summed E-state index contributed by atoms with van der Waals surface area (Å²) in [6.45, 7) is 15.4. The molecule has 8 aromatic rings. The molecule has 0 saturated carbocycles. The third-order valence-electron chi connectivity index (χ3n) is 12.9. The van der Waals surface area contributed by atoms with Crippen molar-refractivity contribution in [3.63, 3.8) is 0 Å². The smallest absolute Gasteiger partial charge is 0.341 e. The Kier molecular flexibility index (Phi) is 25.5. The molecule has 6 aromatic heterocycles. The first-order valence-electron chi connectivity index (χ1n) is 26.6. The quantitative estimate of drug-likeness (QED) is 0.0520. The average molecular weight is 1370 g/mol. The van der Waals surface area contributed by atoms with Crippen LogP contribution < -0.4 is 14.3 Å². The van der Waals surface area contributed by atoms with Gasteiger partial charge in [-0.25, -0.2) is 29.5 Å². The molecule has 0 unspecified atom stereocenters. The third-order valence-corrected chi connectivity index (χ3v) is 32.6. The number of benzene rings is 2. The Morgan fingerprint density at radius 2 is 1.04 bits per heavy atom. The molecule has 0 bridgehead atoms. The Morgan fingerprint density at radius 3 is 1.45 bits per heavy atom. The topological polar surface area (TPSA) is 154 Å². The van der Waals surface area contributed by atoms with E-state index in [0.29, 0.717) is 63.3 Å². The number of anilines is 4. The molecule has 0 atom stereocenters. The Labute approximate surface area is 511 Å². The molecule has 0 saturated heterocycles. The molecule has 80 heavy (non-hydrogen) atoms. The minimum Gasteiger partial charge on any atom is -0.465 e. The fourth-order valence-electron chi connectivity index (χ4n) is 8.75. The molecule has 8 rings (SSSR count). The van der Waals surface area contributed by atoms with E-state index in [1.165, 1.54) is 88.7 Å². The number of carbonyl (C=O) groups excluding carboxylic acids is 2. The summed E-state index contributed by atoms with van der Waals surface area (Å²) < 4.78 is 16.6. The number of esters is 2. The number of nitrogens with zero attached hydrogens (tertiary/aromatic N) is 6. The fourth-order valence-corrected chi connectivity index (χ4v) is 27.1. The Morgan fingerprint density at radius 1 is 0.575 bits per heavy atom. The van der Waals surface area contributed by atoms with Crippen molar-refractivity contribution in [3.8, 4) is 33.8 Å². The predicted octanol–water partition coefficient (Wildman–Crippen LogP) is 19.3. The first kappa shape index (κ1) is 64.4. The molecule has 0 fully saturated rings. The van der Waals surface area contributed by atoms with E-state index in [0.717, 1.165) is 32.3 Å². The van der Waals surface area contributed by atoms with Gasteiger partial charge in [-0.15, -0.1) is 22.7 Å². The van der Waals surface area contributed by atoms with Crippen LogP contribution in [0.4, 0.5) is 21.9 Å². The first-order valence-corrected chi connectivity index (χ1v) is 38.0. The van der Waals surface area contributed by atoms with Crippen molar-refractivity contribution in [2.24, 2.45) is 0 Å². The van der Waals surface area contributed by atoms with Crippen LogP contribution in [0.2, 0.25) is 33.4 Å². The molecule has 12 nitrogen and oxygen atoms in total. The van der Waals surface area contributed by atoms with Crippen LogP contribution in [0.3, 0.4) is 0 Å². The van der Waals surface area contributed by atoms with Gasteiger partial charge in [0.1, 0.15) is 22.8 Å². The number of hydrogen-bond donors (Lipinski definition) is 2. The molecule has 0 radical (unpaired) electrons. The number of hydrogen-bond acceptors (Lipinski definition) is 14. The summed E-state index contributed by atoms with van der Waals surface area (Å²) in [7, 11) is 2.66. The van der Waals surface area contributed by atoms with Crippen molar-refractivity contribution in [2.75, 3.05) is 24.9 Å². The summed E-state index contributed by atoms with van der Waals surface area (Å²) in [5, 5.41) is 9.47.